The second-order valence-electron chi connectivity index (χ2n) is 3.81. The van der Waals surface area contributed by atoms with Crippen molar-refractivity contribution < 1.29 is 22.3 Å². The van der Waals surface area contributed by atoms with Crippen LogP contribution in [0.5, 0.6) is 0 Å². The fraction of sp³-hybridized carbons (Fsp3) is 0. The first-order chi connectivity index (χ1) is 9.41. The second-order valence-corrected chi connectivity index (χ2v) is 4.19. The molecule has 0 atom stereocenters. The van der Waals surface area contributed by atoms with Gasteiger partial charge in [-0.1, -0.05) is 17.7 Å². The lowest BCUT2D eigenvalue weighted by Crippen LogP contribution is -2.23. The third-order valence-corrected chi connectivity index (χ3v) is 2.85. The van der Waals surface area contributed by atoms with Gasteiger partial charge < -0.3 is 5.21 Å². The van der Waals surface area contributed by atoms with Gasteiger partial charge in [0.1, 0.15) is 5.02 Å². The van der Waals surface area contributed by atoms with Crippen LogP contribution < -0.4 is 4.73 Å². The Labute approximate surface area is 116 Å². The number of hydrogen-bond acceptors (Lipinski definition) is 1. The van der Waals surface area contributed by atoms with Crippen molar-refractivity contribution in [3.05, 3.63) is 69.2 Å². The average Bonchev–Trinajstić information content (AvgIpc) is 2.45. The van der Waals surface area contributed by atoms with Crippen molar-refractivity contribution in [2.75, 3.05) is 0 Å². The third-order valence-electron chi connectivity index (χ3n) is 2.51. The number of benzene rings is 1. The number of pyridine rings is 1. The SMILES string of the molecule is [O-][n+]1ccc(/C=C/c2c(F)c(F)c(Cl)c(F)c2F)cc1. The van der Waals surface area contributed by atoms with Crippen LogP contribution in [-0.2, 0) is 0 Å². The van der Waals surface area contributed by atoms with Gasteiger partial charge in [0.15, 0.2) is 35.7 Å². The highest BCUT2D eigenvalue weighted by molar-refractivity contribution is 6.31. The fourth-order valence-corrected chi connectivity index (χ4v) is 1.65. The van der Waals surface area contributed by atoms with Gasteiger partial charge in [0.2, 0.25) is 0 Å². The summed E-state index contributed by atoms with van der Waals surface area (Å²) in [6.45, 7) is 0. The lowest BCUT2D eigenvalue weighted by atomic mass is 10.1. The van der Waals surface area contributed by atoms with E-state index < -0.39 is 33.9 Å². The number of hydrogen-bond donors (Lipinski definition) is 0. The molecule has 0 aliphatic rings. The summed E-state index contributed by atoms with van der Waals surface area (Å²) in [6.07, 6.45) is 4.39. The predicted octanol–water partition coefficient (Wildman–Crippen LogP) is 3.70. The maximum atomic E-state index is 13.5. The predicted molar refractivity (Wildman–Crippen MR) is 65.6 cm³/mol. The second kappa shape index (κ2) is 5.50. The van der Waals surface area contributed by atoms with E-state index in [-0.39, 0.29) is 0 Å². The largest absolute Gasteiger partial charge is 0.619 e. The Hall–Kier alpha value is -2.08. The standard InChI is InChI=1S/C13H6ClF4NO/c14-9-12(17)10(15)8(11(16)13(9)18)2-1-7-3-5-19(20)6-4-7/h1-6H/b2-1+. The maximum Gasteiger partial charge on any atom is 0.181 e. The molecule has 2 rings (SSSR count). The van der Waals surface area contributed by atoms with Gasteiger partial charge in [-0.15, -0.1) is 0 Å². The molecular formula is C13H6ClF4NO. The summed E-state index contributed by atoms with van der Waals surface area (Å²) in [5, 5.41) is 9.56. The van der Waals surface area contributed by atoms with Crippen LogP contribution in [0.25, 0.3) is 12.2 Å². The van der Waals surface area contributed by atoms with Crippen LogP contribution in [0.3, 0.4) is 0 Å². The van der Waals surface area contributed by atoms with Gasteiger partial charge in [0.25, 0.3) is 0 Å². The minimum absolute atomic E-state index is 0.423. The van der Waals surface area contributed by atoms with Crippen LogP contribution in [0, 0.1) is 28.5 Å². The lowest BCUT2D eigenvalue weighted by Gasteiger charge is -2.05. The monoisotopic (exact) mass is 303 g/mol. The first-order valence-electron chi connectivity index (χ1n) is 5.30. The molecule has 0 radical (unpaired) electrons. The van der Waals surface area contributed by atoms with E-state index in [4.69, 9.17) is 11.6 Å². The number of nitrogens with zero attached hydrogens (tertiary/aromatic N) is 1. The molecule has 1 aromatic heterocycles. The van der Waals surface area contributed by atoms with E-state index in [9.17, 15) is 22.8 Å². The maximum absolute atomic E-state index is 13.5. The van der Waals surface area contributed by atoms with Gasteiger partial charge >= 0.3 is 0 Å². The van der Waals surface area contributed by atoms with Crippen LogP contribution in [0.4, 0.5) is 17.6 Å². The summed E-state index contributed by atoms with van der Waals surface area (Å²) in [5.41, 5.74) is -0.463. The quantitative estimate of drug-likeness (QED) is 0.273. The Morgan fingerprint density at radius 3 is 1.90 bits per heavy atom. The summed E-state index contributed by atoms with van der Waals surface area (Å²) >= 11 is 5.10. The molecule has 2 nitrogen and oxygen atoms in total. The van der Waals surface area contributed by atoms with E-state index in [1.807, 2.05) is 0 Å². The van der Waals surface area contributed by atoms with Gasteiger partial charge in [0.05, 0.1) is 5.56 Å². The first kappa shape index (κ1) is 14.3. The highest BCUT2D eigenvalue weighted by Gasteiger charge is 2.22. The molecule has 0 aliphatic carbocycles. The summed E-state index contributed by atoms with van der Waals surface area (Å²) in [7, 11) is 0. The number of halogens is 5. The van der Waals surface area contributed by atoms with E-state index >= 15 is 0 Å². The molecule has 7 heteroatoms. The van der Waals surface area contributed by atoms with E-state index in [2.05, 4.69) is 0 Å². The molecule has 2 aromatic rings. The van der Waals surface area contributed by atoms with Crippen LogP contribution in [0.1, 0.15) is 11.1 Å². The van der Waals surface area contributed by atoms with Crippen LogP contribution in [-0.4, -0.2) is 0 Å². The van der Waals surface area contributed by atoms with Crippen molar-refractivity contribution in [3.8, 4) is 0 Å². The molecule has 0 saturated carbocycles. The van der Waals surface area contributed by atoms with Crippen molar-refractivity contribution in [2.45, 2.75) is 0 Å². The van der Waals surface area contributed by atoms with Crippen molar-refractivity contribution >= 4 is 23.8 Å². The summed E-state index contributed by atoms with van der Waals surface area (Å²) < 4.78 is 53.9. The fourth-order valence-electron chi connectivity index (χ4n) is 1.48. The average molecular weight is 304 g/mol. The summed E-state index contributed by atoms with van der Waals surface area (Å²) in [5.74, 6) is -6.48. The molecule has 104 valence electrons. The molecular weight excluding hydrogens is 298 g/mol. The minimum Gasteiger partial charge on any atom is -0.619 e. The lowest BCUT2D eigenvalue weighted by molar-refractivity contribution is -0.605. The Balaban J connectivity index is 2.46. The van der Waals surface area contributed by atoms with E-state index in [0.717, 1.165) is 18.5 Å². The molecule has 1 heterocycles. The van der Waals surface area contributed by atoms with Gasteiger partial charge in [-0.2, -0.15) is 4.73 Å². The summed E-state index contributed by atoms with van der Waals surface area (Å²) in [4.78, 5) is 0. The van der Waals surface area contributed by atoms with Crippen molar-refractivity contribution in [3.63, 3.8) is 0 Å². The molecule has 0 aliphatic heterocycles. The van der Waals surface area contributed by atoms with Crippen LogP contribution in [0.15, 0.2) is 24.5 Å². The minimum atomic E-state index is -1.66. The Morgan fingerprint density at radius 1 is 0.900 bits per heavy atom. The smallest absolute Gasteiger partial charge is 0.181 e. The van der Waals surface area contributed by atoms with Gasteiger partial charge in [-0.3, -0.25) is 0 Å². The van der Waals surface area contributed by atoms with E-state index in [1.165, 1.54) is 18.2 Å². The molecule has 0 spiro atoms. The van der Waals surface area contributed by atoms with E-state index in [0.29, 0.717) is 10.3 Å². The summed E-state index contributed by atoms with van der Waals surface area (Å²) in [6, 6.07) is 2.73. The Kier molecular flexibility index (Phi) is 3.94. The molecule has 0 fully saturated rings. The molecule has 0 N–H and O–H groups in total. The first-order valence-corrected chi connectivity index (χ1v) is 5.68. The van der Waals surface area contributed by atoms with Gasteiger partial charge in [-0.25, -0.2) is 17.6 Å². The van der Waals surface area contributed by atoms with E-state index in [1.54, 1.807) is 0 Å². The number of rotatable bonds is 2. The Morgan fingerprint density at radius 2 is 1.40 bits per heavy atom. The van der Waals surface area contributed by atoms with Crippen molar-refractivity contribution in [2.24, 2.45) is 0 Å². The van der Waals surface area contributed by atoms with Crippen LogP contribution >= 0.6 is 11.6 Å². The highest BCUT2D eigenvalue weighted by atomic mass is 35.5. The Bertz CT molecular complexity index is 657. The van der Waals surface area contributed by atoms with Gasteiger partial charge in [-0.05, 0) is 11.6 Å². The van der Waals surface area contributed by atoms with Crippen molar-refractivity contribution in [1.29, 1.82) is 0 Å². The zero-order chi connectivity index (χ0) is 14.9. The zero-order valence-electron chi connectivity index (χ0n) is 9.71. The normalized spacial score (nSPS) is 11.2. The molecule has 0 saturated heterocycles. The zero-order valence-corrected chi connectivity index (χ0v) is 10.5. The molecule has 0 unspecified atom stereocenters. The molecule has 0 amide bonds. The third kappa shape index (κ3) is 2.60. The van der Waals surface area contributed by atoms with Crippen LogP contribution in [0.2, 0.25) is 5.02 Å². The topological polar surface area (TPSA) is 26.9 Å². The molecule has 1 aromatic carbocycles. The molecule has 20 heavy (non-hydrogen) atoms. The van der Waals surface area contributed by atoms with Gasteiger partial charge in [0, 0.05) is 12.1 Å². The van der Waals surface area contributed by atoms with Crippen molar-refractivity contribution in [1.82, 2.24) is 0 Å². The number of aromatic nitrogens is 1. The highest BCUT2D eigenvalue weighted by Crippen LogP contribution is 2.28. The molecule has 0 bridgehead atoms.